The molecule has 2 aliphatic heterocycles. The molecule has 0 radical (unpaired) electrons. The third-order valence-corrected chi connectivity index (χ3v) is 6.01. The highest BCUT2D eigenvalue weighted by atomic mass is 32.1. The normalized spacial score (nSPS) is 23.1. The van der Waals surface area contributed by atoms with Crippen molar-refractivity contribution in [2.45, 2.75) is 39.4 Å². The number of hydrogen-bond donors (Lipinski definition) is 0. The minimum absolute atomic E-state index is 0.699. The molecule has 1 fully saturated rings. The van der Waals surface area contributed by atoms with Crippen LogP contribution in [0.2, 0.25) is 0 Å². The van der Waals surface area contributed by atoms with Crippen molar-refractivity contribution in [3.8, 4) is 0 Å². The lowest BCUT2D eigenvalue weighted by Gasteiger charge is -2.26. The molecule has 0 N–H and O–H groups in total. The average molecular weight is 331 g/mol. The molecule has 0 aromatic carbocycles. The van der Waals surface area contributed by atoms with E-state index in [0.29, 0.717) is 5.92 Å². The van der Waals surface area contributed by atoms with Crippen LogP contribution in [0.25, 0.3) is 0 Å². The molecular formula is C18H26N4S. The summed E-state index contributed by atoms with van der Waals surface area (Å²) in [5, 5.41) is 0. The van der Waals surface area contributed by atoms with Crippen molar-refractivity contribution in [3.05, 3.63) is 40.1 Å². The Morgan fingerprint density at radius 2 is 2.04 bits per heavy atom. The van der Waals surface area contributed by atoms with Crippen molar-refractivity contribution < 1.29 is 0 Å². The maximum Gasteiger partial charge on any atom is 0.122 e. The molecule has 1 atom stereocenters. The predicted molar refractivity (Wildman–Crippen MR) is 94.6 cm³/mol. The SMILES string of the molecule is Cc1ccc(CN2Cc3nccn3C[C@H](CN3CCCC3)C2)s1. The molecule has 0 bridgehead atoms. The van der Waals surface area contributed by atoms with Crippen molar-refractivity contribution >= 4 is 11.3 Å². The molecule has 0 spiro atoms. The third-order valence-electron chi connectivity index (χ3n) is 5.03. The molecule has 2 aromatic heterocycles. The van der Waals surface area contributed by atoms with Crippen LogP contribution in [0.15, 0.2) is 24.5 Å². The first kappa shape index (κ1) is 15.4. The van der Waals surface area contributed by atoms with Crippen molar-refractivity contribution in [1.29, 1.82) is 0 Å². The van der Waals surface area contributed by atoms with Gasteiger partial charge in [0.05, 0.1) is 6.54 Å². The summed E-state index contributed by atoms with van der Waals surface area (Å²) in [4.78, 5) is 12.7. The minimum Gasteiger partial charge on any atom is -0.333 e. The zero-order valence-electron chi connectivity index (χ0n) is 13.9. The van der Waals surface area contributed by atoms with Crippen molar-refractivity contribution in [3.63, 3.8) is 0 Å². The molecule has 0 saturated carbocycles. The molecule has 4 nitrogen and oxygen atoms in total. The number of nitrogens with zero attached hydrogens (tertiary/aromatic N) is 4. The van der Waals surface area contributed by atoms with Gasteiger partial charge in [-0.05, 0) is 45.0 Å². The van der Waals surface area contributed by atoms with Crippen LogP contribution < -0.4 is 0 Å². The summed E-state index contributed by atoms with van der Waals surface area (Å²) in [7, 11) is 0. The van der Waals surface area contributed by atoms with Crippen LogP contribution in [0, 0.1) is 12.8 Å². The molecule has 2 aliphatic rings. The number of hydrogen-bond acceptors (Lipinski definition) is 4. The minimum atomic E-state index is 0.699. The van der Waals surface area contributed by atoms with Crippen LogP contribution in [0.5, 0.6) is 0 Å². The number of likely N-dealkylation sites (tertiary alicyclic amines) is 1. The molecule has 0 amide bonds. The summed E-state index contributed by atoms with van der Waals surface area (Å²) in [5.41, 5.74) is 0. The fourth-order valence-electron chi connectivity index (χ4n) is 3.98. The van der Waals surface area contributed by atoms with Gasteiger partial charge >= 0.3 is 0 Å². The first-order valence-corrected chi connectivity index (χ1v) is 9.58. The molecule has 23 heavy (non-hydrogen) atoms. The zero-order chi connectivity index (χ0) is 15.6. The van der Waals surface area contributed by atoms with Crippen LogP contribution in [0.1, 0.15) is 28.4 Å². The Morgan fingerprint density at radius 1 is 1.17 bits per heavy atom. The van der Waals surface area contributed by atoms with Crippen molar-refractivity contribution in [2.75, 3.05) is 26.2 Å². The fraction of sp³-hybridized carbons (Fsp3) is 0.611. The summed E-state index contributed by atoms with van der Waals surface area (Å²) < 4.78 is 2.38. The molecule has 1 saturated heterocycles. The van der Waals surface area contributed by atoms with Gasteiger partial charge in [-0.15, -0.1) is 11.3 Å². The van der Waals surface area contributed by atoms with E-state index in [1.54, 1.807) is 0 Å². The fourth-order valence-corrected chi connectivity index (χ4v) is 4.91. The Labute approximate surface area is 142 Å². The number of thiophene rings is 1. The summed E-state index contributed by atoms with van der Waals surface area (Å²) in [6, 6.07) is 4.52. The number of rotatable bonds is 4. The van der Waals surface area contributed by atoms with E-state index in [1.165, 1.54) is 54.6 Å². The Hall–Kier alpha value is -1.17. The van der Waals surface area contributed by atoms with Gasteiger partial charge < -0.3 is 9.47 Å². The highest BCUT2D eigenvalue weighted by molar-refractivity contribution is 7.11. The quantitative estimate of drug-likeness (QED) is 0.861. The van der Waals surface area contributed by atoms with Crippen LogP contribution in [-0.2, 0) is 19.6 Å². The van der Waals surface area contributed by atoms with E-state index in [-0.39, 0.29) is 0 Å². The van der Waals surface area contributed by atoms with E-state index in [0.717, 1.165) is 19.6 Å². The second kappa shape index (κ2) is 6.75. The molecule has 4 rings (SSSR count). The summed E-state index contributed by atoms with van der Waals surface area (Å²) in [5.74, 6) is 1.92. The van der Waals surface area contributed by atoms with Gasteiger partial charge in [-0.25, -0.2) is 4.98 Å². The largest absolute Gasteiger partial charge is 0.333 e. The smallest absolute Gasteiger partial charge is 0.122 e. The Bertz CT molecular complexity index is 641. The standard InChI is InChI=1S/C18H26N4S/c1-15-4-5-17(23-15)13-21-11-16(10-20-7-2-3-8-20)12-22-9-6-19-18(22)14-21/h4-6,9,16H,2-3,7-8,10-14H2,1H3/t16-/m1/s1. The van der Waals surface area contributed by atoms with Gasteiger partial charge in [0.2, 0.25) is 0 Å². The second-order valence-electron chi connectivity index (χ2n) is 7.05. The van der Waals surface area contributed by atoms with E-state index in [9.17, 15) is 0 Å². The number of aryl methyl sites for hydroxylation is 1. The number of aromatic nitrogens is 2. The first-order valence-electron chi connectivity index (χ1n) is 8.76. The number of imidazole rings is 1. The lowest BCUT2D eigenvalue weighted by molar-refractivity contribution is 0.183. The molecule has 124 valence electrons. The van der Waals surface area contributed by atoms with Gasteiger partial charge in [-0.1, -0.05) is 0 Å². The highest BCUT2D eigenvalue weighted by Gasteiger charge is 2.25. The maximum atomic E-state index is 4.59. The van der Waals surface area contributed by atoms with Gasteiger partial charge in [0.1, 0.15) is 5.82 Å². The lowest BCUT2D eigenvalue weighted by atomic mass is 10.1. The van der Waals surface area contributed by atoms with Gasteiger partial charge in [0.25, 0.3) is 0 Å². The topological polar surface area (TPSA) is 24.3 Å². The number of fused-ring (bicyclic) bond motifs is 1. The molecule has 2 aromatic rings. The van der Waals surface area contributed by atoms with E-state index in [4.69, 9.17) is 0 Å². The zero-order valence-corrected chi connectivity index (χ0v) is 14.8. The van der Waals surface area contributed by atoms with E-state index >= 15 is 0 Å². The predicted octanol–water partition coefficient (Wildman–Crippen LogP) is 2.98. The van der Waals surface area contributed by atoms with E-state index < -0.39 is 0 Å². The summed E-state index contributed by atoms with van der Waals surface area (Å²) >= 11 is 1.93. The molecule has 0 unspecified atom stereocenters. The second-order valence-corrected chi connectivity index (χ2v) is 8.42. The third kappa shape index (κ3) is 3.67. The molecular weight excluding hydrogens is 304 g/mol. The first-order chi connectivity index (χ1) is 11.3. The van der Waals surface area contributed by atoms with E-state index in [2.05, 4.69) is 44.6 Å². The van der Waals surface area contributed by atoms with E-state index in [1.807, 2.05) is 17.5 Å². The molecule has 0 aliphatic carbocycles. The Morgan fingerprint density at radius 3 is 2.83 bits per heavy atom. The monoisotopic (exact) mass is 330 g/mol. The van der Waals surface area contributed by atoms with Gasteiger partial charge in [-0.2, -0.15) is 0 Å². The average Bonchev–Trinajstić information content (AvgIpc) is 3.23. The van der Waals surface area contributed by atoms with Crippen LogP contribution >= 0.6 is 11.3 Å². The Kier molecular flexibility index (Phi) is 4.51. The Balaban J connectivity index is 1.49. The van der Waals surface area contributed by atoms with Crippen molar-refractivity contribution in [1.82, 2.24) is 19.4 Å². The van der Waals surface area contributed by atoms with Crippen LogP contribution in [-0.4, -0.2) is 45.5 Å². The van der Waals surface area contributed by atoms with Gasteiger partial charge in [0.15, 0.2) is 0 Å². The maximum absolute atomic E-state index is 4.59. The lowest BCUT2D eigenvalue weighted by Crippen LogP contribution is -2.35. The highest BCUT2D eigenvalue weighted by Crippen LogP contribution is 2.23. The molecule has 5 heteroatoms. The van der Waals surface area contributed by atoms with Gasteiger partial charge in [-0.3, -0.25) is 4.90 Å². The van der Waals surface area contributed by atoms with Crippen LogP contribution in [0.3, 0.4) is 0 Å². The van der Waals surface area contributed by atoms with Crippen LogP contribution in [0.4, 0.5) is 0 Å². The molecule has 4 heterocycles. The van der Waals surface area contributed by atoms with Crippen molar-refractivity contribution in [2.24, 2.45) is 5.92 Å². The van der Waals surface area contributed by atoms with Gasteiger partial charge in [0, 0.05) is 54.2 Å². The summed E-state index contributed by atoms with van der Waals surface area (Å²) in [6.07, 6.45) is 6.87. The summed E-state index contributed by atoms with van der Waals surface area (Å²) in [6.45, 7) is 10.3.